The number of likely N-dealkylation sites (tertiary alicyclic amines) is 2. The van der Waals surface area contributed by atoms with Crippen molar-refractivity contribution in [1.82, 2.24) is 40.0 Å². The topological polar surface area (TPSA) is 162 Å². The van der Waals surface area contributed by atoms with Crippen molar-refractivity contribution in [2.24, 2.45) is 11.3 Å². The summed E-state index contributed by atoms with van der Waals surface area (Å²) in [6, 6.07) is 7.53. The van der Waals surface area contributed by atoms with E-state index in [1.807, 2.05) is 26.1 Å². The molecule has 1 aromatic carbocycles. The van der Waals surface area contributed by atoms with Gasteiger partial charge in [0.15, 0.2) is 0 Å². The van der Waals surface area contributed by atoms with E-state index in [0.29, 0.717) is 39.0 Å². The molecule has 16 nitrogen and oxygen atoms in total. The minimum absolute atomic E-state index is 0.00245. The Hall–Kier alpha value is -5.57. The Morgan fingerprint density at radius 2 is 1.82 bits per heavy atom. The Labute approximate surface area is 424 Å². The summed E-state index contributed by atoms with van der Waals surface area (Å²) in [6.07, 6.45) is 3.79. The monoisotopic (exact) mass is 994 g/mol. The maximum Gasteiger partial charge on any atom is 0.324 e. The first-order valence-electron chi connectivity index (χ1n) is 26.2. The van der Waals surface area contributed by atoms with Crippen molar-refractivity contribution < 1.29 is 37.8 Å². The molecule has 5 atom stereocenters. The van der Waals surface area contributed by atoms with E-state index in [1.165, 1.54) is 17.0 Å². The number of cyclic esters (lactones) is 1. The Balaban J connectivity index is 1.08. The lowest BCUT2D eigenvalue weighted by Gasteiger charge is -2.41. The molecule has 0 aliphatic carbocycles. The van der Waals surface area contributed by atoms with Gasteiger partial charge in [-0.3, -0.25) is 38.9 Å². The molecule has 8 rings (SSSR count). The number of benzene rings is 1. The maximum atomic E-state index is 16.8. The van der Waals surface area contributed by atoms with Crippen molar-refractivity contribution in [3.8, 4) is 23.1 Å². The molecule has 4 fully saturated rings. The molecule has 17 heteroatoms. The van der Waals surface area contributed by atoms with Gasteiger partial charge in [0.05, 0.1) is 42.8 Å². The van der Waals surface area contributed by atoms with Gasteiger partial charge in [0.2, 0.25) is 11.6 Å². The number of pyridine rings is 1. The van der Waals surface area contributed by atoms with E-state index < -0.39 is 82.9 Å². The molecule has 0 unspecified atom stereocenters. The van der Waals surface area contributed by atoms with Gasteiger partial charge in [-0.05, 0) is 100 Å². The lowest BCUT2D eigenvalue weighted by molar-refractivity contribution is -0.156. The quantitative estimate of drug-likeness (QED) is 0.207. The van der Waals surface area contributed by atoms with Gasteiger partial charge in [-0.1, -0.05) is 47.5 Å². The van der Waals surface area contributed by atoms with Crippen LogP contribution in [0.2, 0.25) is 0 Å². The minimum atomic E-state index is -2.45. The summed E-state index contributed by atoms with van der Waals surface area (Å²) in [5, 5.41) is 5.47. The van der Waals surface area contributed by atoms with E-state index in [9.17, 15) is 24.0 Å². The van der Waals surface area contributed by atoms with Crippen molar-refractivity contribution in [1.29, 1.82) is 0 Å². The molecule has 72 heavy (non-hydrogen) atoms. The molecule has 0 radical (unpaired) electrons. The number of carbonyl (C=O) groups is 5. The highest BCUT2D eigenvalue weighted by Gasteiger charge is 2.50. The molecule has 0 saturated carbocycles. The van der Waals surface area contributed by atoms with Crippen molar-refractivity contribution in [3.63, 3.8) is 0 Å². The third kappa shape index (κ3) is 10.9. The Morgan fingerprint density at radius 3 is 2.51 bits per heavy atom. The van der Waals surface area contributed by atoms with Crippen LogP contribution < -0.4 is 15.6 Å². The van der Waals surface area contributed by atoms with Crippen LogP contribution in [0, 0.1) is 23.2 Å². The number of ether oxygens (including phenoxy) is 2. The summed E-state index contributed by atoms with van der Waals surface area (Å²) in [6.45, 7) is 21.9. The minimum Gasteiger partial charge on any atom is -0.464 e. The maximum absolute atomic E-state index is 16.8. The SMILES string of the molecule is CCn1c(-c2cccnc2C(C)C)c2c3cc(ccc31)N1CCO[C@@H](C[C@H](NC(=O)[C@H](C(C)C)N(C)C(=O)[C@@]3(F)CCN(C(=O)C#CC(C)(C)N4CCC4)C3)C(=O)N3CCC[C@H](N3)C(=O)OCC(C)(C)C2)C1. The van der Waals surface area contributed by atoms with Crippen LogP contribution in [0.4, 0.5) is 10.1 Å². The number of carbonyl (C=O) groups excluding carboxylic acids is 5. The molecule has 0 spiro atoms. The number of aromatic nitrogens is 2. The van der Waals surface area contributed by atoms with Crippen molar-refractivity contribution in [2.45, 2.75) is 149 Å². The van der Waals surface area contributed by atoms with Gasteiger partial charge in [-0.15, -0.1) is 0 Å². The average Bonchev–Trinajstić information content (AvgIpc) is 3.88. The van der Waals surface area contributed by atoms with Gasteiger partial charge in [-0.25, -0.2) is 9.82 Å². The highest BCUT2D eigenvalue weighted by atomic mass is 19.1. The van der Waals surface area contributed by atoms with Crippen LogP contribution in [-0.2, 0) is 46.4 Å². The zero-order valence-electron chi connectivity index (χ0n) is 44.1. The predicted octanol–water partition coefficient (Wildman–Crippen LogP) is 5.46. The van der Waals surface area contributed by atoms with Crippen LogP contribution in [0.25, 0.3) is 22.2 Å². The van der Waals surface area contributed by atoms with E-state index in [-0.39, 0.29) is 38.5 Å². The number of aryl methyl sites for hydroxylation is 1. The van der Waals surface area contributed by atoms with E-state index >= 15 is 4.39 Å². The number of likely N-dealkylation sites (N-methyl/N-ethyl adjacent to an activating group) is 1. The number of hydrazine groups is 1. The van der Waals surface area contributed by atoms with E-state index in [2.05, 4.69) is 95.8 Å². The number of amides is 4. The number of nitrogens with zero attached hydrogens (tertiary/aromatic N) is 7. The highest BCUT2D eigenvalue weighted by Crippen LogP contribution is 2.42. The molecule has 4 saturated heterocycles. The molecular weight excluding hydrogens is 918 g/mol. The fourth-order valence-electron chi connectivity index (χ4n) is 11.3. The molecule has 7 heterocycles. The number of esters is 1. The van der Waals surface area contributed by atoms with Crippen LogP contribution in [0.5, 0.6) is 0 Å². The summed E-state index contributed by atoms with van der Waals surface area (Å²) >= 11 is 0. The van der Waals surface area contributed by atoms with Gasteiger partial charge in [-0.2, -0.15) is 0 Å². The summed E-state index contributed by atoms with van der Waals surface area (Å²) in [5.41, 5.74) is 6.10. The number of halogens is 1. The first-order chi connectivity index (χ1) is 34.1. The van der Waals surface area contributed by atoms with Gasteiger partial charge in [0.1, 0.15) is 18.1 Å². The summed E-state index contributed by atoms with van der Waals surface area (Å²) in [5.74, 6) is 2.34. The molecule has 5 aliphatic rings. The van der Waals surface area contributed by atoms with Crippen LogP contribution in [0.3, 0.4) is 0 Å². The second kappa shape index (κ2) is 21.1. The van der Waals surface area contributed by atoms with Crippen molar-refractivity contribution in [2.75, 3.05) is 71.0 Å². The van der Waals surface area contributed by atoms with Crippen molar-refractivity contribution >= 4 is 46.2 Å². The van der Waals surface area contributed by atoms with Gasteiger partial charge >= 0.3 is 5.97 Å². The highest BCUT2D eigenvalue weighted by molar-refractivity contribution is 5.98. The van der Waals surface area contributed by atoms with E-state index in [4.69, 9.17) is 14.5 Å². The fourth-order valence-corrected chi connectivity index (χ4v) is 11.3. The van der Waals surface area contributed by atoms with E-state index in [1.54, 1.807) is 13.8 Å². The summed E-state index contributed by atoms with van der Waals surface area (Å²) in [4.78, 5) is 82.5. The zero-order chi connectivity index (χ0) is 51.9. The van der Waals surface area contributed by atoms with Crippen LogP contribution in [0.1, 0.15) is 112 Å². The third-order valence-electron chi connectivity index (χ3n) is 15.4. The third-order valence-corrected chi connectivity index (χ3v) is 15.4. The van der Waals surface area contributed by atoms with Crippen molar-refractivity contribution in [3.05, 3.63) is 47.8 Å². The largest absolute Gasteiger partial charge is 0.464 e. The molecule has 5 aliphatic heterocycles. The number of fused-ring (bicyclic) bond motifs is 6. The molecule has 2 N–H and O–H groups in total. The molecule has 6 bridgehead atoms. The van der Waals surface area contributed by atoms with Crippen LogP contribution >= 0.6 is 0 Å². The first-order valence-corrected chi connectivity index (χ1v) is 26.2. The Kier molecular flexibility index (Phi) is 15.5. The summed E-state index contributed by atoms with van der Waals surface area (Å²) < 4.78 is 31.7. The van der Waals surface area contributed by atoms with Gasteiger partial charge < -0.3 is 34.1 Å². The Morgan fingerprint density at radius 1 is 1.06 bits per heavy atom. The number of anilines is 1. The average molecular weight is 994 g/mol. The second-order valence-electron chi connectivity index (χ2n) is 22.6. The first kappa shape index (κ1) is 52.7. The molecular formula is C55H76FN9O7. The zero-order valence-corrected chi connectivity index (χ0v) is 44.1. The lowest BCUT2D eigenvalue weighted by Crippen LogP contribution is -2.63. The smallest absolute Gasteiger partial charge is 0.324 e. The second-order valence-corrected chi connectivity index (χ2v) is 22.6. The standard InChI is InChI=1S/C55H76FN9O7/c1-11-64-44-18-17-37-29-40(44)41(48(64)39-15-12-22-57-46(39)35(2)3)31-53(6,7)34-72-51(69)42-16-13-25-65(59-42)50(68)43(30-38-32-61(37)27-28-71-38)58-49(67)47(36(4)5)60(10)52(70)55(56)21-26-62(33-55)45(66)19-20-54(8,9)63-23-14-24-63/h12,15,17-18,22,29,35-36,38,42-43,47,59H,11,13-14,16,21,23-28,30-34H2,1-10H3,(H,58,67)/t38-,42-,43-,47-,55+/m0/s1. The van der Waals surface area contributed by atoms with Gasteiger partial charge in [0, 0.05) is 99.5 Å². The fraction of sp³-hybridized carbons (Fsp3) is 0.636. The molecule has 390 valence electrons. The number of hydrogen-bond acceptors (Lipinski definition) is 11. The van der Waals surface area contributed by atoms with Crippen LogP contribution in [-0.4, -0.2) is 160 Å². The number of rotatable bonds is 9. The number of morpholine rings is 1. The van der Waals surface area contributed by atoms with Gasteiger partial charge in [0.25, 0.3) is 17.7 Å². The molecule has 3 aromatic rings. The lowest BCUT2D eigenvalue weighted by atomic mass is 9.84. The summed E-state index contributed by atoms with van der Waals surface area (Å²) in [7, 11) is 1.39. The normalized spacial score (nSPS) is 24.6. The van der Waals surface area contributed by atoms with E-state index in [0.717, 1.165) is 70.1 Å². The number of nitrogens with one attached hydrogen (secondary N) is 2. The molecule has 2 aromatic heterocycles. The van der Waals surface area contributed by atoms with Crippen LogP contribution in [0.15, 0.2) is 36.5 Å². The molecule has 4 amide bonds. The number of alkyl halides is 1. The predicted molar refractivity (Wildman–Crippen MR) is 274 cm³/mol. The number of hydrogen-bond donors (Lipinski definition) is 2. The Bertz CT molecular complexity index is 2610.